The van der Waals surface area contributed by atoms with Gasteiger partial charge in [-0.05, 0) is 43.8 Å². The summed E-state index contributed by atoms with van der Waals surface area (Å²) in [5.74, 6) is -1.18. The minimum Gasteiger partial charge on any atom is -0.545 e. The second-order valence-electron chi connectivity index (χ2n) is 3.47. The van der Waals surface area contributed by atoms with Crippen LogP contribution in [0.4, 0.5) is 5.69 Å². The number of benzene rings is 1. The lowest BCUT2D eigenvalue weighted by atomic mass is 10.2. The largest absolute Gasteiger partial charge is 0.545 e. The summed E-state index contributed by atoms with van der Waals surface area (Å²) in [7, 11) is 0. The quantitative estimate of drug-likeness (QED) is 0.812. The summed E-state index contributed by atoms with van der Waals surface area (Å²) in [6.45, 7) is 5.71. The molecule has 0 saturated heterocycles. The summed E-state index contributed by atoms with van der Waals surface area (Å²) >= 11 is 5.23. The highest BCUT2D eigenvalue weighted by Crippen LogP contribution is 2.10. The van der Waals surface area contributed by atoms with Gasteiger partial charge in [-0.1, -0.05) is 12.1 Å². The highest BCUT2D eigenvalue weighted by Gasteiger charge is 2.04. The highest BCUT2D eigenvalue weighted by atomic mass is 32.1. The Hall–Kier alpha value is -1.62. The monoisotopic (exact) mass is 251 g/mol. The van der Waals surface area contributed by atoms with E-state index in [1.165, 1.54) is 12.1 Å². The fourth-order valence-electron chi connectivity index (χ4n) is 1.40. The second-order valence-corrected chi connectivity index (χ2v) is 3.85. The molecule has 4 nitrogen and oxygen atoms in total. The van der Waals surface area contributed by atoms with E-state index in [1.54, 1.807) is 12.1 Å². The van der Waals surface area contributed by atoms with Crippen LogP contribution in [0, 0.1) is 0 Å². The molecule has 0 aliphatic rings. The van der Waals surface area contributed by atoms with Crippen LogP contribution in [0.5, 0.6) is 0 Å². The zero-order valence-electron chi connectivity index (χ0n) is 9.90. The molecule has 0 aromatic heterocycles. The Balaban J connectivity index is 2.69. The van der Waals surface area contributed by atoms with Crippen molar-refractivity contribution in [3.8, 4) is 0 Å². The van der Waals surface area contributed by atoms with Crippen molar-refractivity contribution in [1.82, 2.24) is 4.90 Å². The zero-order valence-corrected chi connectivity index (χ0v) is 10.7. The predicted octanol–water partition coefficient (Wildman–Crippen LogP) is 1.09. The predicted molar refractivity (Wildman–Crippen MR) is 69.9 cm³/mol. The molecule has 0 aliphatic carbocycles. The van der Waals surface area contributed by atoms with Crippen molar-refractivity contribution in [2.75, 3.05) is 18.4 Å². The van der Waals surface area contributed by atoms with Crippen LogP contribution in [0.3, 0.4) is 0 Å². The van der Waals surface area contributed by atoms with Crippen LogP contribution in [0.1, 0.15) is 24.2 Å². The first-order valence-corrected chi connectivity index (χ1v) is 5.86. The number of carboxylic acids is 1. The zero-order chi connectivity index (χ0) is 12.8. The molecule has 5 heteroatoms. The molecule has 1 rings (SSSR count). The molecule has 0 spiro atoms. The average Bonchev–Trinajstić information content (AvgIpc) is 2.31. The fraction of sp³-hybridized carbons (Fsp3) is 0.333. The van der Waals surface area contributed by atoms with Gasteiger partial charge < -0.3 is 20.1 Å². The van der Waals surface area contributed by atoms with Gasteiger partial charge >= 0.3 is 0 Å². The Bertz CT molecular complexity index is 399. The minimum atomic E-state index is -1.18. The van der Waals surface area contributed by atoms with Gasteiger partial charge in [-0.25, -0.2) is 0 Å². The van der Waals surface area contributed by atoms with Gasteiger partial charge in [-0.3, -0.25) is 0 Å². The molecule has 0 amide bonds. The summed E-state index contributed by atoms with van der Waals surface area (Å²) in [6.07, 6.45) is 0. The molecule has 0 aliphatic heterocycles. The number of thiocarbonyl (C=S) groups is 1. The topological polar surface area (TPSA) is 55.4 Å². The van der Waals surface area contributed by atoms with E-state index < -0.39 is 5.97 Å². The molecule has 0 heterocycles. The van der Waals surface area contributed by atoms with Crippen molar-refractivity contribution in [1.29, 1.82) is 0 Å². The molecule has 17 heavy (non-hydrogen) atoms. The first-order valence-electron chi connectivity index (χ1n) is 5.45. The van der Waals surface area contributed by atoms with Crippen molar-refractivity contribution in [3.63, 3.8) is 0 Å². The smallest absolute Gasteiger partial charge is 0.173 e. The number of aromatic carboxylic acids is 1. The molecule has 0 saturated carbocycles. The molecule has 92 valence electrons. The number of anilines is 1. The van der Waals surface area contributed by atoms with Crippen LogP contribution in [0.25, 0.3) is 0 Å². The molecule has 0 bridgehead atoms. The molecular weight excluding hydrogens is 236 g/mol. The lowest BCUT2D eigenvalue weighted by Gasteiger charge is -2.22. The van der Waals surface area contributed by atoms with Crippen molar-refractivity contribution in [2.45, 2.75) is 13.8 Å². The number of carbonyl (C=O) groups excluding carboxylic acids is 1. The van der Waals surface area contributed by atoms with Gasteiger partial charge in [0.05, 0.1) is 5.97 Å². The van der Waals surface area contributed by atoms with Crippen LogP contribution in [-0.4, -0.2) is 29.1 Å². The van der Waals surface area contributed by atoms with Crippen LogP contribution in [0.2, 0.25) is 0 Å². The molecule has 0 atom stereocenters. The summed E-state index contributed by atoms with van der Waals surface area (Å²) in [5.41, 5.74) is 0.927. The molecule has 1 N–H and O–H groups in total. The number of hydrogen-bond acceptors (Lipinski definition) is 3. The number of carboxylic acid groups (broad SMARTS) is 1. The van der Waals surface area contributed by atoms with Crippen LogP contribution in [-0.2, 0) is 0 Å². The third-order valence-corrected chi connectivity index (χ3v) is 2.78. The number of nitrogens with one attached hydrogen (secondary N) is 1. The Morgan fingerprint density at radius 1 is 1.29 bits per heavy atom. The molecule has 0 radical (unpaired) electrons. The standard InChI is InChI=1S/C12H16N2O2S/c1-3-14(4-2)12(17)13-10-7-5-9(6-8-10)11(15)16/h5-8H,3-4H2,1-2H3,(H,13,17)(H,15,16)/p-1. The highest BCUT2D eigenvalue weighted by molar-refractivity contribution is 7.80. The van der Waals surface area contributed by atoms with E-state index in [1.807, 2.05) is 18.7 Å². The summed E-state index contributed by atoms with van der Waals surface area (Å²) in [4.78, 5) is 12.6. The van der Waals surface area contributed by atoms with Gasteiger partial charge in [0, 0.05) is 18.8 Å². The lowest BCUT2D eigenvalue weighted by Crippen LogP contribution is -2.34. The second kappa shape index (κ2) is 6.20. The Morgan fingerprint density at radius 2 is 1.82 bits per heavy atom. The minimum absolute atomic E-state index is 0.157. The maximum absolute atomic E-state index is 10.6. The summed E-state index contributed by atoms with van der Waals surface area (Å²) < 4.78 is 0. The van der Waals surface area contributed by atoms with Crippen molar-refractivity contribution in [2.24, 2.45) is 0 Å². The SMILES string of the molecule is CCN(CC)C(=S)Nc1ccc(C(=O)[O-])cc1. The van der Waals surface area contributed by atoms with E-state index in [0.717, 1.165) is 18.8 Å². The van der Waals surface area contributed by atoms with Gasteiger partial charge in [-0.15, -0.1) is 0 Å². The van der Waals surface area contributed by atoms with Gasteiger partial charge in [0.1, 0.15) is 0 Å². The maximum atomic E-state index is 10.6. The Kier molecular flexibility index (Phi) is 4.90. The third kappa shape index (κ3) is 3.71. The Morgan fingerprint density at radius 3 is 2.24 bits per heavy atom. The Labute approximate surface area is 106 Å². The van der Waals surface area contributed by atoms with E-state index in [2.05, 4.69) is 5.32 Å². The van der Waals surface area contributed by atoms with Crippen LogP contribution >= 0.6 is 12.2 Å². The van der Waals surface area contributed by atoms with Gasteiger partial charge in [-0.2, -0.15) is 0 Å². The first-order chi connectivity index (χ1) is 8.08. The van der Waals surface area contributed by atoms with Crippen molar-refractivity contribution < 1.29 is 9.90 Å². The van der Waals surface area contributed by atoms with Crippen LogP contribution < -0.4 is 10.4 Å². The molecule has 1 aromatic carbocycles. The van der Waals surface area contributed by atoms with E-state index in [-0.39, 0.29) is 5.56 Å². The van der Waals surface area contributed by atoms with E-state index >= 15 is 0 Å². The lowest BCUT2D eigenvalue weighted by molar-refractivity contribution is -0.255. The van der Waals surface area contributed by atoms with Gasteiger partial charge in [0.25, 0.3) is 0 Å². The van der Waals surface area contributed by atoms with E-state index in [0.29, 0.717) is 5.11 Å². The van der Waals surface area contributed by atoms with Crippen molar-refractivity contribution >= 4 is 29.0 Å². The van der Waals surface area contributed by atoms with Gasteiger partial charge in [0.2, 0.25) is 0 Å². The maximum Gasteiger partial charge on any atom is 0.173 e. The van der Waals surface area contributed by atoms with Crippen LogP contribution in [0.15, 0.2) is 24.3 Å². The van der Waals surface area contributed by atoms with E-state index in [9.17, 15) is 9.90 Å². The molecule has 0 fully saturated rings. The third-order valence-electron chi connectivity index (χ3n) is 2.42. The fourth-order valence-corrected chi connectivity index (χ4v) is 1.78. The summed E-state index contributed by atoms with van der Waals surface area (Å²) in [6, 6.07) is 6.31. The van der Waals surface area contributed by atoms with E-state index in [4.69, 9.17) is 12.2 Å². The summed E-state index contributed by atoms with van der Waals surface area (Å²) in [5, 5.41) is 14.3. The average molecular weight is 251 g/mol. The van der Waals surface area contributed by atoms with Crippen molar-refractivity contribution in [3.05, 3.63) is 29.8 Å². The number of carbonyl (C=O) groups is 1. The molecular formula is C12H15N2O2S-. The number of rotatable bonds is 4. The number of nitrogens with zero attached hydrogens (tertiary/aromatic N) is 1. The van der Waals surface area contributed by atoms with Gasteiger partial charge in [0.15, 0.2) is 5.11 Å². The number of hydrogen-bond donors (Lipinski definition) is 1. The normalized spacial score (nSPS) is 9.76. The molecule has 0 unspecified atom stereocenters. The molecule has 1 aromatic rings. The first kappa shape index (κ1) is 13.4.